The summed E-state index contributed by atoms with van der Waals surface area (Å²) in [4.78, 5) is 7.18. The van der Waals surface area contributed by atoms with Crippen LogP contribution in [0.25, 0.3) is 0 Å². The summed E-state index contributed by atoms with van der Waals surface area (Å²) >= 11 is 1.76. The van der Waals surface area contributed by atoms with Crippen LogP contribution in [0.3, 0.4) is 0 Å². The minimum absolute atomic E-state index is 0.417. The normalized spacial score (nSPS) is 18.8. The van der Waals surface area contributed by atoms with Crippen molar-refractivity contribution in [2.75, 3.05) is 38.3 Å². The molecule has 0 unspecified atom stereocenters. The van der Waals surface area contributed by atoms with Crippen LogP contribution in [0.1, 0.15) is 32.4 Å². The molecule has 0 saturated carbocycles. The van der Waals surface area contributed by atoms with Crippen LogP contribution in [0.2, 0.25) is 0 Å². The minimum atomic E-state index is 0.417. The topological polar surface area (TPSA) is 37.4 Å². The number of ether oxygens (including phenoxy) is 1. The zero-order chi connectivity index (χ0) is 13.7. The van der Waals surface area contributed by atoms with Crippen molar-refractivity contribution in [1.29, 1.82) is 0 Å². The fraction of sp³-hybridized carbons (Fsp3) is 0.786. The number of methoxy groups -OCH3 is 1. The van der Waals surface area contributed by atoms with E-state index >= 15 is 0 Å². The van der Waals surface area contributed by atoms with Gasteiger partial charge in [-0.2, -0.15) is 0 Å². The molecule has 2 rings (SSSR count). The number of thiazole rings is 1. The van der Waals surface area contributed by atoms with Crippen molar-refractivity contribution in [2.45, 2.75) is 33.2 Å². The first kappa shape index (κ1) is 14.8. The molecule has 1 aromatic heterocycles. The van der Waals surface area contributed by atoms with E-state index in [9.17, 15) is 0 Å². The molecule has 2 heterocycles. The monoisotopic (exact) mass is 283 g/mol. The van der Waals surface area contributed by atoms with Crippen LogP contribution in [-0.4, -0.2) is 38.3 Å². The Morgan fingerprint density at radius 3 is 3.11 bits per heavy atom. The van der Waals surface area contributed by atoms with Gasteiger partial charge in [-0.1, -0.05) is 13.8 Å². The van der Waals surface area contributed by atoms with Gasteiger partial charge >= 0.3 is 0 Å². The zero-order valence-corrected chi connectivity index (χ0v) is 13.1. The smallest absolute Gasteiger partial charge is 0.185 e. The number of anilines is 1. The van der Waals surface area contributed by atoms with E-state index in [4.69, 9.17) is 9.72 Å². The molecule has 0 atom stereocenters. The van der Waals surface area contributed by atoms with Gasteiger partial charge in [-0.3, -0.25) is 0 Å². The average molecular weight is 283 g/mol. The lowest BCUT2D eigenvalue weighted by Crippen LogP contribution is -2.40. The SMILES string of the molecule is COCCNCc1csc(N2CCCC(C)(C)C2)n1. The Labute approximate surface area is 120 Å². The lowest BCUT2D eigenvalue weighted by atomic mass is 9.84. The van der Waals surface area contributed by atoms with E-state index in [0.29, 0.717) is 5.41 Å². The summed E-state index contributed by atoms with van der Waals surface area (Å²) in [5.41, 5.74) is 1.56. The number of aromatic nitrogens is 1. The number of rotatable bonds is 6. The Hall–Kier alpha value is -0.650. The Bertz CT molecular complexity index is 392. The van der Waals surface area contributed by atoms with E-state index in [2.05, 4.69) is 29.4 Å². The van der Waals surface area contributed by atoms with E-state index in [1.165, 1.54) is 18.0 Å². The number of hydrogen-bond acceptors (Lipinski definition) is 5. The molecule has 1 aromatic rings. The molecule has 5 heteroatoms. The second-order valence-corrected chi connectivity index (χ2v) is 6.82. The number of hydrogen-bond donors (Lipinski definition) is 1. The predicted octanol–water partition coefficient (Wildman–Crippen LogP) is 2.51. The molecular weight excluding hydrogens is 258 g/mol. The van der Waals surface area contributed by atoms with Crippen molar-refractivity contribution in [3.05, 3.63) is 11.1 Å². The van der Waals surface area contributed by atoms with Crippen molar-refractivity contribution >= 4 is 16.5 Å². The quantitative estimate of drug-likeness (QED) is 0.814. The van der Waals surface area contributed by atoms with Crippen LogP contribution >= 0.6 is 11.3 Å². The fourth-order valence-electron chi connectivity index (χ4n) is 2.50. The molecule has 1 aliphatic heterocycles. The summed E-state index contributed by atoms with van der Waals surface area (Å²) in [6.45, 7) is 9.42. The standard InChI is InChI=1S/C14H25N3OS/c1-14(2)5-4-7-17(11-14)13-16-12(10-19-13)9-15-6-8-18-3/h10,15H,4-9,11H2,1-3H3. The molecule has 1 aliphatic rings. The Morgan fingerprint density at radius 2 is 2.37 bits per heavy atom. The van der Waals surface area contributed by atoms with E-state index in [1.54, 1.807) is 18.4 Å². The van der Waals surface area contributed by atoms with Crippen LogP contribution in [0.15, 0.2) is 5.38 Å². The lowest BCUT2D eigenvalue weighted by molar-refractivity contribution is 0.199. The molecule has 108 valence electrons. The van der Waals surface area contributed by atoms with Crippen LogP contribution in [0.4, 0.5) is 5.13 Å². The zero-order valence-electron chi connectivity index (χ0n) is 12.2. The van der Waals surface area contributed by atoms with Gasteiger partial charge in [-0.05, 0) is 18.3 Å². The van der Waals surface area contributed by atoms with Gasteiger partial charge in [0.15, 0.2) is 5.13 Å². The molecule has 0 radical (unpaired) electrons. The molecular formula is C14H25N3OS. The minimum Gasteiger partial charge on any atom is -0.383 e. The molecule has 1 saturated heterocycles. The third kappa shape index (κ3) is 4.44. The predicted molar refractivity (Wildman–Crippen MR) is 80.9 cm³/mol. The first-order valence-corrected chi connectivity index (χ1v) is 7.88. The maximum Gasteiger partial charge on any atom is 0.185 e. The molecule has 1 N–H and O–H groups in total. The summed E-state index contributed by atoms with van der Waals surface area (Å²) in [6, 6.07) is 0. The van der Waals surface area contributed by atoms with Gasteiger partial charge in [-0.15, -0.1) is 11.3 Å². The molecule has 0 aromatic carbocycles. The first-order valence-electron chi connectivity index (χ1n) is 7.00. The highest BCUT2D eigenvalue weighted by molar-refractivity contribution is 7.13. The summed E-state index contributed by atoms with van der Waals surface area (Å²) in [6.07, 6.45) is 2.59. The molecule has 0 spiro atoms. The average Bonchev–Trinajstić information content (AvgIpc) is 2.82. The van der Waals surface area contributed by atoms with Crippen LogP contribution in [0.5, 0.6) is 0 Å². The number of piperidine rings is 1. The molecule has 0 amide bonds. The van der Waals surface area contributed by atoms with Gasteiger partial charge in [0.25, 0.3) is 0 Å². The van der Waals surface area contributed by atoms with E-state index < -0.39 is 0 Å². The maximum atomic E-state index is 5.01. The van der Waals surface area contributed by atoms with E-state index in [0.717, 1.165) is 38.5 Å². The van der Waals surface area contributed by atoms with E-state index in [-0.39, 0.29) is 0 Å². The van der Waals surface area contributed by atoms with Gasteiger partial charge in [0.05, 0.1) is 12.3 Å². The Kier molecular flexibility index (Phi) is 5.19. The largest absolute Gasteiger partial charge is 0.383 e. The summed E-state index contributed by atoms with van der Waals surface area (Å²) in [7, 11) is 1.72. The van der Waals surface area contributed by atoms with Crippen molar-refractivity contribution in [2.24, 2.45) is 5.41 Å². The highest BCUT2D eigenvalue weighted by Crippen LogP contribution is 2.32. The van der Waals surface area contributed by atoms with Crippen molar-refractivity contribution < 1.29 is 4.74 Å². The molecule has 0 bridgehead atoms. The molecule has 19 heavy (non-hydrogen) atoms. The summed E-state index contributed by atoms with van der Waals surface area (Å²) in [5, 5.41) is 6.68. The maximum absolute atomic E-state index is 5.01. The van der Waals surface area contributed by atoms with Crippen molar-refractivity contribution in [3.8, 4) is 0 Å². The molecule has 4 nitrogen and oxygen atoms in total. The molecule has 1 fully saturated rings. The highest BCUT2D eigenvalue weighted by atomic mass is 32.1. The van der Waals surface area contributed by atoms with Gasteiger partial charge in [0, 0.05) is 38.7 Å². The summed E-state index contributed by atoms with van der Waals surface area (Å²) < 4.78 is 5.01. The number of nitrogens with zero attached hydrogens (tertiary/aromatic N) is 2. The molecule has 0 aliphatic carbocycles. The van der Waals surface area contributed by atoms with Gasteiger partial charge < -0.3 is 15.0 Å². The Balaban J connectivity index is 1.86. The van der Waals surface area contributed by atoms with Crippen molar-refractivity contribution in [3.63, 3.8) is 0 Å². The second kappa shape index (κ2) is 6.68. The van der Waals surface area contributed by atoms with Gasteiger partial charge in [0.1, 0.15) is 0 Å². The third-order valence-corrected chi connectivity index (χ3v) is 4.45. The van der Waals surface area contributed by atoms with E-state index in [1.807, 2.05) is 0 Å². The number of nitrogens with one attached hydrogen (secondary N) is 1. The second-order valence-electron chi connectivity index (χ2n) is 5.98. The lowest BCUT2D eigenvalue weighted by Gasteiger charge is -2.37. The van der Waals surface area contributed by atoms with Crippen LogP contribution < -0.4 is 10.2 Å². The Morgan fingerprint density at radius 1 is 1.53 bits per heavy atom. The van der Waals surface area contributed by atoms with Crippen molar-refractivity contribution in [1.82, 2.24) is 10.3 Å². The fourth-order valence-corrected chi connectivity index (χ4v) is 3.35. The summed E-state index contributed by atoms with van der Waals surface area (Å²) in [5.74, 6) is 0. The van der Waals surface area contributed by atoms with Crippen LogP contribution in [0, 0.1) is 5.41 Å². The first-order chi connectivity index (χ1) is 9.11. The van der Waals surface area contributed by atoms with Crippen LogP contribution in [-0.2, 0) is 11.3 Å². The van der Waals surface area contributed by atoms with Gasteiger partial charge in [0.2, 0.25) is 0 Å². The highest BCUT2D eigenvalue weighted by Gasteiger charge is 2.27. The van der Waals surface area contributed by atoms with Gasteiger partial charge in [-0.25, -0.2) is 4.98 Å². The third-order valence-electron chi connectivity index (χ3n) is 3.50.